The van der Waals surface area contributed by atoms with Crippen molar-refractivity contribution in [2.24, 2.45) is 5.73 Å². The summed E-state index contributed by atoms with van der Waals surface area (Å²) in [7, 11) is 0. The fraction of sp³-hybridized carbons (Fsp3) is 0.125. The summed E-state index contributed by atoms with van der Waals surface area (Å²) in [5.74, 6) is -1.28. The first-order valence-electron chi connectivity index (χ1n) is 3.42. The Balaban J connectivity index is 3.12. The number of benzene rings is 1. The van der Waals surface area contributed by atoms with Crippen LogP contribution in [-0.4, -0.2) is 4.99 Å². The molecule has 0 bridgehead atoms. The highest BCUT2D eigenvalue weighted by Gasteiger charge is 2.09. The second-order valence-corrected chi connectivity index (χ2v) is 3.82. The van der Waals surface area contributed by atoms with E-state index in [4.69, 9.17) is 5.73 Å². The van der Waals surface area contributed by atoms with Crippen LogP contribution in [0.15, 0.2) is 16.6 Å². The molecule has 1 aromatic rings. The zero-order chi connectivity index (χ0) is 10.0. The van der Waals surface area contributed by atoms with Crippen molar-refractivity contribution in [1.29, 1.82) is 0 Å². The summed E-state index contributed by atoms with van der Waals surface area (Å²) < 4.78 is 25.8. The van der Waals surface area contributed by atoms with Crippen molar-refractivity contribution in [3.8, 4) is 0 Å². The first kappa shape index (κ1) is 10.5. The van der Waals surface area contributed by atoms with Gasteiger partial charge in [0.15, 0.2) is 0 Å². The van der Waals surface area contributed by atoms with Crippen molar-refractivity contribution in [1.82, 2.24) is 0 Å². The predicted octanol–water partition coefficient (Wildman–Crippen LogP) is 2.56. The molecular weight excluding hydrogens is 260 g/mol. The number of rotatable bonds is 2. The van der Waals surface area contributed by atoms with Crippen LogP contribution in [0.25, 0.3) is 0 Å². The van der Waals surface area contributed by atoms with Gasteiger partial charge in [-0.3, -0.25) is 0 Å². The van der Waals surface area contributed by atoms with Crippen LogP contribution in [0.3, 0.4) is 0 Å². The summed E-state index contributed by atoms with van der Waals surface area (Å²) in [5.41, 5.74) is 5.68. The van der Waals surface area contributed by atoms with Gasteiger partial charge in [0.25, 0.3) is 0 Å². The van der Waals surface area contributed by atoms with Crippen molar-refractivity contribution in [2.45, 2.75) is 6.42 Å². The fourth-order valence-corrected chi connectivity index (χ4v) is 1.45. The lowest BCUT2D eigenvalue weighted by atomic mass is 10.1. The molecule has 0 aliphatic rings. The second kappa shape index (κ2) is 4.11. The highest BCUT2D eigenvalue weighted by atomic mass is 79.9. The Morgan fingerprint density at radius 1 is 1.46 bits per heavy atom. The summed E-state index contributed by atoms with van der Waals surface area (Å²) >= 11 is 7.62. The summed E-state index contributed by atoms with van der Waals surface area (Å²) in [4.78, 5) is 0.200. The minimum Gasteiger partial charge on any atom is -0.393 e. The van der Waals surface area contributed by atoms with Gasteiger partial charge in [0.05, 0.1) is 9.46 Å². The highest BCUT2D eigenvalue weighted by Crippen LogP contribution is 2.22. The van der Waals surface area contributed by atoms with E-state index in [0.717, 1.165) is 6.07 Å². The minimum absolute atomic E-state index is 0.185. The zero-order valence-electron chi connectivity index (χ0n) is 6.48. The molecule has 2 N–H and O–H groups in total. The molecule has 1 rings (SSSR count). The van der Waals surface area contributed by atoms with Crippen LogP contribution in [0, 0.1) is 11.6 Å². The molecule has 0 amide bonds. The van der Waals surface area contributed by atoms with Crippen molar-refractivity contribution >= 4 is 33.1 Å². The normalized spacial score (nSPS) is 10.1. The van der Waals surface area contributed by atoms with E-state index in [1.165, 1.54) is 6.07 Å². The van der Waals surface area contributed by atoms with Crippen molar-refractivity contribution in [2.75, 3.05) is 0 Å². The van der Waals surface area contributed by atoms with Gasteiger partial charge in [0.1, 0.15) is 11.6 Å². The molecule has 0 radical (unpaired) electrons. The number of nitrogens with two attached hydrogens (primary N) is 1. The van der Waals surface area contributed by atoms with Crippen molar-refractivity contribution in [3.63, 3.8) is 0 Å². The van der Waals surface area contributed by atoms with Crippen LogP contribution >= 0.6 is 28.1 Å². The SMILES string of the molecule is NC(=S)Cc1cc(F)cc(F)c1Br. The third-order valence-electron chi connectivity index (χ3n) is 1.43. The number of halogens is 3. The Labute approximate surface area is 88.1 Å². The Kier molecular flexibility index (Phi) is 3.33. The molecule has 0 saturated heterocycles. The van der Waals surface area contributed by atoms with E-state index in [-0.39, 0.29) is 15.9 Å². The van der Waals surface area contributed by atoms with Crippen LogP contribution in [0.5, 0.6) is 0 Å². The maximum atomic E-state index is 12.9. The molecule has 1 aromatic carbocycles. The summed E-state index contributed by atoms with van der Waals surface area (Å²) in [6, 6.07) is 2.00. The Hall–Kier alpha value is -0.550. The van der Waals surface area contributed by atoms with E-state index in [9.17, 15) is 8.78 Å². The van der Waals surface area contributed by atoms with E-state index in [2.05, 4.69) is 28.1 Å². The van der Waals surface area contributed by atoms with Crippen LogP contribution < -0.4 is 5.73 Å². The Bertz CT molecular complexity index is 354. The monoisotopic (exact) mass is 265 g/mol. The van der Waals surface area contributed by atoms with Crippen molar-refractivity contribution < 1.29 is 8.78 Å². The average Bonchev–Trinajstić information content (AvgIpc) is 1.98. The van der Waals surface area contributed by atoms with E-state index >= 15 is 0 Å². The molecule has 13 heavy (non-hydrogen) atoms. The summed E-state index contributed by atoms with van der Waals surface area (Å²) in [6.45, 7) is 0. The minimum atomic E-state index is -0.647. The molecule has 0 saturated carbocycles. The number of hydrogen-bond donors (Lipinski definition) is 1. The zero-order valence-corrected chi connectivity index (χ0v) is 8.88. The van der Waals surface area contributed by atoms with Gasteiger partial charge in [-0.05, 0) is 27.6 Å². The first-order chi connectivity index (χ1) is 6.00. The lowest BCUT2D eigenvalue weighted by Crippen LogP contribution is -2.12. The molecule has 0 spiro atoms. The molecule has 0 atom stereocenters. The lowest BCUT2D eigenvalue weighted by Gasteiger charge is -2.04. The number of hydrogen-bond acceptors (Lipinski definition) is 1. The molecule has 0 aliphatic heterocycles. The fourth-order valence-electron chi connectivity index (χ4n) is 0.926. The summed E-state index contributed by atoms with van der Waals surface area (Å²) in [5, 5.41) is 0. The van der Waals surface area contributed by atoms with Gasteiger partial charge in [-0.15, -0.1) is 0 Å². The maximum Gasteiger partial charge on any atom is 0.140 e. The maximum absolute atomic E-state index is 12.9. The van der Waals surface area contributed by atoms with E-state index in [1.807, 2.05) is 0 Å². The van der Waals surface area contributed by atoms with Crippen molar-refractivity contribution in [3.05, 3.63) is 33.8 Å². The topological polar surface area (TPSA) is 26.0 Å². The van der Waals surface area contributed by atoms with Gasteiger partial charge < -0.3 is 5.73 Å². The third-order valence-corrected chi connectivity index (χ3v) is 2.47. The van der Waals surface area contributed by atoms with Crippen LogP contribution in [0.4, 0.5) is 8.78 Å². The van der Waals surface area contributed by atoms with Gasteiger partial charge in [-0.25, -0.2) is 8.78 Å². The van der Waals surface area contributed by atoms with E-state index in [0.29, 0.717) is 5.56 Å². The average molecular weight is 266 g/mol. The van der Waals surface area contributed by atoms with Crippen LogP contribution in [0.2, 0.25) is 0 Å². The summed E-state index contributed by atoms with van der Waals surface area (Å²) in [6.07, 6.45) is 0.185. The Morgan fingerprint density at radius 2 is 2.08 bits per heavy atom. The molecule has 5 heteroatoms. The number of thiocarbonyl (C=S) groups is 1. The Morgan fingerprint density at radius 3 is 2.62 bits per heavy atom. The first-order valence-corrected chi connectivity index (χ1v) is 4.62. The quantitative estimate of drug-likeness (QED) is 0.657. The molecule has 0 heterocycles. The standard InChI is InChI=1S/C8H6BrF2NS/c9-8-4(2-7(12)13)1-5(10)3-6(8)11/h1,3H,2H2,(H2,12,13). The lowest BCUT2D eigenvalue weighted by molar-refractivity contribution is 0.576. The molecule has 70 valence electrons. The molecular formula is C8H6BrF2NS. The smallest absolute Gasteiger partial charge is 0.140 e. The van der Waals surface area contributed by atoms with Gasteiger partial charge >= 0.3 is 0 Å². The van der Waals surface area contributed by atoms with Gasteiger partial charge in [0.2, 0.25) is 0 Å². The van der Waals surface area contributed by atoms with E-state index in [1.54, 1.807) is 0 Å². The third kappa shape index (κ3) is 2.70. The highest BCUT2D eigenvalue weighted by molar-refractivity contribution is 9.10. The van der Waals surface area contributed by atoms with E-state index < -0.39 is 11.6 Å². The van der Waals surface area contributed by atoms with Gasteiger partial charge in [-0.1, -0.05) is 12.2 Å². The van der Waals surface area contributed by atoms with Gasteiger partial charge in [0, 0.05) is 12.5 Å². The molecule has 0 fully saturated rings. The predicted molar refractivity (Wildman–Crippen MR) is 54.5 cm³/mol. The van der Waals surface area contributed by atoms with Crippen LogP contribution in [-0.2, 0) is 6.42 Å². The largest absolute Gasteiger partial charge is 0.393 e. The molecule has 0 unspecified atom stereocenters. The molecule has 0 aliphatic carbocycles. The van der Waals surface area contributed by atoms with Gasteiger partial charge in [-0.2, -0.15) is 0 Å². The molecule has 1 nitrogen and oxygen atoms in total. The van der Waals surface area contributed by atoms with Crippen LogP contribution in [0.1, 0.15) is 5.56 Å². The second-order valence-electron chi connectivity index (χ2n) is 2.50. The molecule has 0 aromatic heterocycles.